The molecule has 7 heteroatoms. The van der Waals surface area contributed by atoms with E-state index in [9.17, 15) is 9.59 Å². The number of carbonyl (C=O) groups excluding carboxylic acids is 2. The molecule has 2 amide bonds. The summed E-state index contributed by atoms with van der Waals surface area (Å²) >= 11 is 6.14. The Hall–Kier alpha value is -1.79. The van der Waals surface area contributed by atoms with Crippen LogP contribution in [-0.2, 0) is 16.1 Å². The number of halogens is 1. The zero-order chi connectivity index (χ0) is 19.8. The lowest BCUT2D eigenvalue weighted by Crippen LogP contribution is -2.46. The maximum atomic E-state index is 12.5. The van der Waals surface area contributed by atoms with Crippen LogP contribution in [0.25, 0.3) is 0 Å². The zero-order valence-corrected chi connectivity index (χ0v) is 17.2. The Kier molecular flexibility index (Phi) is 8.38. The van der Waals surface area contributed by atoms with Gasteiger partial charge < -0.3 is 15.0 Å². The van der Waals surface area contributed by atoms with Crippen molar-refractivity contribution >= 4 is 23.6 Å². The summed E-state index contributed by atoms with van der Waals surface area (Å²) in [5, 5.41) is 3.60. The molecule has 0 radical (unpaired) electrons. The van der Waals surface area contributed by atoms with Gasteiger partial charge >= 0.3 is 6.09 Å². The Morgan fingerprint density at radius 1 is 1.15 bits per heavy atom. The molecule has 0 aromatic heterocycles. The van der Waals surface area contributed by atoms with Crippen LogP contribution in [0.5, 0.6) is 0 Å². The van der Waals surface area contributed by atoms with Crippen molar-refractivity contribution in [1.82, 2.24) is 15.1 Å². The Morgan fingerprint density at radius 3 is 2.59 bits per heavy atom. The maximum Gasteiger partial charge on any atom is 0.409 e. The molecule has 0 saturated carbocycles. The van der Waals surface area contributed by atoms with Crippen molar-refractivity contribution in [2.24, 2.45) is 5.92 Å². The van der Waals surface area contributed by atoms with Crippen LogP contribution in [0.3, 0.4) is 0 Å². The van der Waals surface area contributed by atoms with E-state index in [1.807, 2.05) is 45.0 Å². The van der Waals surface area contributed by atoms with Gasteiger partial charge in [-0.3, -0.25) is 9.69 Å². The molecule has 1 fully saturated rings. The van der Waals surface area contributed by atoms with Gasteiger partial charge in [-0.25, -0.2) is 4.79 Å². The SMILES string of the molecule is CC(C)COC(=O)N1CCCN(C(C)C(=O)NCc2ccccc2Cl)CC1. The Bertz CT molecular complexity index is 639. The molecule has 0 bridgehead atoms. The number of ether oxygens (including phenoxy) is 1. The predicted molar refractivity (Wildman–Crippen MR) is 107 cm³/mol. The van der Waals surface area contributed by atoms with Crippen molar-refractivity contribution in [1.29, 1.82) is 0 Å². The van der Waals surface area contributed by atoms with Gasteiger partial charge in [0.25, 0.3) is 0 Å². The number of nitrogens with one attached hydrogen (secondary N) is 1. The van der Waals surface area contributed by atoms with Crippen LogP contribution >= 0.6 is 11.6 Å². The van der Waals surface area contributed by atoms with Gasteiger partial charge in [-0.1, -0.05) is 43.6 Å². The first-order valence-electron chi connectivity index (χ1n) is 9.55. The summed E-state index contributed by atoms with van der Waals surface area (Å²) in [6, 6.07) is 7.22. The number of hydrogen-bond acceptors (Lipinski definition) is 4. The number of hydrogen-bond donors (Lipinski definition) is 1. The Morgan fingerprint density at radius 2 is 1.89 bits per heavy atom. The molecule has 1 unspecified atom stereocenters. The molecule has 1 atom stereocenters. The standard InChI is InChI=1S/C20H30ClN3O3/c1-15(2)14-27-20(26)24-10-6-9-23(11-12-24)16(3)19(25)22-13-17-7-4-5-8-18(17)21/h4-5,7-8,15-16H,6,9-14H2,1-3H3,(H,22,25). The summed E-state index contributed by atoms with van der Waals surface area (Å²) < 4.78 is 5.32. The minimum Gasteiger partial charge on any atom is -0.449 e. The minimum absolute atomic E-state index is 0.0363. The molecule has 0 aliphatic carbocycles. The molecule has 1 aromatic carbocycles. The van der Waals surface area contributed by atoms with E-state index in [2.05, 4.69) is 10.2 Å². The van der Waals surface area contributed by atoms with Gasteiger partial charge in [0, 0.05) is 37.7 Å². The Balaban J connectivity index is 1.82. The second-order valence-electron chi connectivity index (χ2n) is 7.33. The number of carbonyl (C=O) groups is 2. The second kappa shape index (κ2) is 10.5. The average Bonchev–Trinajstić information content (AvgIpc) is 2.90. The second-order valence-corrected chi connectivity index (χ2v) is 7.74. The van der Waals surface area contributed by atoms with Crippen LogP contribution in [0.1, 0.15) is 32.8 Å². The molecule has 0 spiro atoms. The molecule has 1 aliphatic rings. The molecule has 2 rings (SSSR count). The fourth-order valence-corrected chi connectivity index (χ4v) is 3.18. The fraction of sp³-hybridized carbons (Fsp3) is 0.600. The lowest BCUT2D eigenvalue weighted by atomic mass is 10.2. The molecule has 1 N–H and O–H groups in total. The predicted octanol–water partition coefficient (Wildman–Crippen LogP) is 3.15. The number of rotatable bonds is 6. The highest BCUT2D eigenvalue weighted by Gasteiger charge is 2.26. The van der Waals surface area contributed by atoms with Crippen LogP contribution in [0.2, 0.25) is 5.02 Å². The normalized spacial score (nSPS) is 16.7. The maximum absolute atomic E-state index is 12.5. The summed E-state index contributed by atoms with van der Waals surface area (Å²) in [5.74, 6) is 0.282. The fourth-order valence-electron chi connectivity index (χ4n) is 2.97. The summed E-state index contributed by atoms with van der Waals surface area (Å²) in [7, 11) is 0. The van der Waals surface area contributed by atoms with Gasteiger partial charge in [-0.05, 0) is 30.9 Å². The third-order valence-corrected chi connectivity index (χ3v) is 5.04. The third-order valence-electron chi connectivity index (χ3n) is 4.67. The van der Waals surface area contributed by atoms with Crippen molar-refractivity contribution in [3.8, 4) is 0 Å². The van der Waals surface area contributed by atoms with E-state index in [1.165, 1.54) is 0 Å². The molecular weight excluding hydrogens is 366 g/mol. The van der Waals surface area contributed by atoms with E-state index in [4.69, 9.17) is 16.3 Å². The molecule has 1 aromatic rings. The van der Waals surface area contributed by atoms with Crippen LogP contribution in [0.4, 0.5) is 4.79 Å². The molecular formula is C20H30ClN3O3. The summed E-state index contributed by atoms with van der Waals surface area (Å²) in [4.78, 5) is 28.5. The lowest BCUT2D eigenvalue weighted by Gasteiger charge is -2.27. The van der Waals surface area contributed by atoms with E-state index >= 15 is 0 Å². The molecule has 6 nitrogen and oxygen atoms in total. The van der Waals surface area contributed by atoms with Gasteiger partial charge in [0.05, 0.1) is 12.6 Å². The number of amides is 2. The third kappa shape index (κ3) is 6.70. The molecule has 1 aliphatic heterocycles. The zero-order valence-electron chi connectivity index (χ0n) is 16.4. The first kappa shape index (κ1) is 21.5. The van der Waals surface area contributed by atoms with Crippen molar-refractivity contribution in [3.05, 3.63) is 34.9 Å². The van der Waals surface area contributed by atoms with Gasteiger partial charge in [0.2, 0.25) is 5.91 Å². The molecule has 27 heavy (non-hydrogen) atoms. The van der Waals surface area contributed by atoms with Gasteiger partial charge in [0.1, 0.15) is 0 Å². The summed E-state index contributed by atoms with van der Waals surface area (Å²) in [6.45, 7) is 9.41. The van der Waals surface area contributed by atoms with E-state index in [1.54, 1.807) is 4.90 Å². The largest absolute Gasteiger partial charge is 0.449 e. The quantitative estimate of drug-likeness (QED) is 0.803. The molecule has 1 saturated heterocycles. The van der Waals surface area contributed by atoms with Gasteiger partial charge in [0.15, 0.2) is 0 Å². The van der Waals surface area contributed by atoms with Crippen LogP contribution in [0, 0.1) is 5.92 Å². The van der Waals surface area contributed by atoms with Crippen molar-refractivity contribution in [2.75, 3.05) is 32.8 Å². The average molecular weight is 396 g/mol. The molecule has 150 valence electrons. The summed E-state index contributed by atoms with van der Waals surface area (Å²) in [5.41, 5.74) is 0.898. The molecule has 1 heterocycles. The minimum atomic E-state index is -0.265. The van der Waals surface area contributed by atoms with E-state index in [0.717, 1.165) is 18.5 Å². The highest BCUT2D eigenvalue weighted by Crippen LogP contribution is 2.15. The van der Waals surface area contributed by atoms with E-state index in [0.29, 0.717) is 43.7 Å². The smallest absolute Gasteiger partial charge is 0.409 e. The Labute approximate surface area is 166 Å². The highest BCUT2D eigenvalue weighted by atomic mass is 35.5. The van der Waals surface area contributed by atoms with Crippen molar-refractivity contribution in [3.63, 3.8) is 0 Å². The van der Waals surface area contributed by atoms with Crippen LogP contribution in [0.15, 0.2) is 24.3 Å². The van der Waals surface area contributed by atoms with Crippen molar-refractivity contribution in [2.45, 2.75) is 39.8 Å². The van der Waals surface area contributed by atoms with Crippen molar-refractivity contribution < 1.29 is 14.3 Å². The highest BCUT2D eigenvalue weighted by molar-refractivity contribution is 6.31. The van der Waals surface area contributed by atoms with Gasteiger partial charge in [-0.15, -0.1) is 0 Å². The first-order chi connectivity index (χ1) is 12.9. The number of nitrogens with zero attached hydrogens (tertiary/aromatic N) is 2. The lowest BCUT2D eigenvalue weighted by molar-refractivity contribution is -0.126. The monoisotopic (exact) mass is 395 g/mol. The van der Waals surface area contributed by atoms with Crippen LogP contribution in [-0.4, -0.2) is 60.6 Å². The van der Waals surface area contributed by atoms with Crippen LogP contribution < -0.4 is 5.32 Å². The van der Waals surface area contributed by atoms with E-state index in [-0.39, 0.29) is 18.0 Å². The summed E-state index contributed by atoms with van der Waals surface area (Å²) in [6.07, 6.45) is 0.556. The topological polar surface area (TPSA) is 61.9 Å². The van der Waals surface area contributed by atoms with E-state index < -0.39 is 0 Å². The first-order valence-corrected chi connectivity index (χ1v) is 9.93. The van der Waals surface area contributed by atoms with Gasteiger partial charge in [-0.2, -0.15) is 0 Å². The number of benzene rings is 1.